The molecule has 0 aliphatic carbocycles. The van der Waals surface area contributed by atoms with Crippen molar-refractivity contribution < 1.29 is 4.74 Å². The highest BCUT2D eigenvalue weighted by atomic mass is 16.5. The Hall–Kier alpha value is -2.20. The molecule has 2 N–H and O–H groups in total. The van der Waals surface area contributed by atoms with Crippen molar-refractivity contribution in [1.29, 1.82) is 5.26 Å². The molecule has 0 aliphatic rings. The number of hydrogen-bond donors (Lipinski definition) is 1. The van der Waals surface area contributed by atoms with Crippen LogP contribution < -0.4 is 10.5 Å². The number of nitrogens with two attached hydrogens (primary N) is 1. The summed E-state index contributed by atoms with van der Waals surface area (Å²) in [6, 6.07) is 2.00. The minimum absolute atomic E-state index is 0.298. The Bertz CT molecular complexity index is 543. The van der Waals surface area contributed by atoms with Crippen LogP contribution in [0.15, 0.2) is 12.7 Å². The van der Waals surface area contributed by atoms with Gasteiger partial charge in [-0.15, -0.1) is 0 Å². The molecule has 0 amide bonds. The average molecular weight is 232 g/mol. The summed E-state index contributed by atoms with van der Waals surface area (Å²) in [6.45, 7) is 1.46. The fourth-order valence-corrected chi connectivity index (χ4v) is 1.46. The molecule has 17 heavy (non-hydrogen) atoms. The van der Waals surface area contributed by atoms with Gasteiger partial charge in [-0.3, -0.25) is 0 Å². The molecule has 0 radical (unpaired) electrons. The topological polar surface area (TPSA) is 103 Å². The first-order valence-electron chi connectivity index (χ1n) is 5.22. The molecule has 0 atom stereocenters. The minimum Gasteiger partial charge on any atom is -0.475 e. The van der Waals surface area contributed by atoms with Crippen LogP contribution in [0.5, 0.6) is 5.88 Å². The number of rotatable bonds is 5. The van der Waals surface area contributed by atoms with Crippen molar-refractivity contribution in [3.05, 3.63) is 12.7 Å². The molecule has 2 aromatic rings. The second-order valence-electron chi connectivity index (χ2n) is 3.33. The first-order valence-corrected chi connectivity index (χ1v) is 5.22. The molecule has 0 aliphatic heterocycles. The third-order valence-electron chi connectivity index (χ3n) is 2.19. The van der Waals surface area contributed by atoms with Crippen LogP contribution in [-0.2, 0) is 6.54 Å². The molecule has 0 unspecified atom stereocenters. The number of nitriles is 1. The number of aromatic nitrogens is 4. The zero-order valence-electron chi connectivity index (χ0n) is 9.20. The van der Waals surface area contributed by atoms with E-state index in [0.717, 1.165) is 0 Å². The van der Waals surface area contributed by atoms with Crippen LogP contribution in [0.3, 0.4) is 0 Å². The highest BCUT2D eigenvalue weighted by Gasteiger charge is 2.10. The smallest absolute Gasteiger partial charge is 0.245 e. The molecule has 88 valence electrons. The highest BCUT2D eigenvalue weighted by molar-refractivity contribution is 5.75. The van der Waals surface area contributed by atoms with Crippen molar-refractivity contribution in [2.24, 2.45) is 5.73 Å². The third kappa shape index (κ3) is 2.32. The number of hydrogen-bond acceptors (Lipinski definition) is 6. The highest BCUT2D eigenvalue weighted by Crippen LogP contribution is 2.19. The molecule has 0 saturated carbocycles. The lowest BCUT2D eigenvalue weighted by molar-refractivity contribution is 0.317. The summed E-state index contributed by atoms with van der Waals surface area (Å²) < 4.78 is 7.21. The molecule has 2 rings (SSSR count). The van der Waals surface area contributed by atoms with Gasteiger partial charge in [0.05, 0.1) is 18.8 Å². The zero-order valence-corrected chi connectivity index (χ0v) is 9.20. The Balaban J connectivity index is 2.28. The van der Waals surface area contributed by atoms with Crippen molar-refractivity contribution in [3.63, 3.8) is 0 Å². The van der Waals surface area contributed by atoms with Crippen molar-refractivity contribution in [2.75, 3.05) is 13.2 Å². The summed E-state index contributed by atoms with van der Waals surface area (Å²) in [5.41, 5.74) is 6.78. The van der Waals surface area contributed by atoms with Crippen LogP contribution in [0.1, 0.15) is 6.42 Å². The molecule has 0 aromatic carbocycles. The Morgan fingerprint density at radius 3 is 3.06 bits per heavy atom. The summed E-state index contributed by atoms with van der Waals surface area (Å²) >= 11 is 0. The number of nitrogens with zero attached hydrogens (tertiary/aromatic N) is 5. The molecular weight excluding hydrogens is 220 g/mol. The van der Waals surface area contributed by atoms with E-state index in [1.807, 2.05) is 10.6 Å². The molecule has 0 bridgehead atoms. The maximum absolute atomic E-state index is 8.44. The maximum Gasteiger partial charge on any atom is 0.245 e. The van der Waals surface area contributed by atoms with E-state index < -0.39 is 0 Å². The van der Waals surface area contributed by atoms with Gasteiger partial charge in [0.1, 0.15) is 12.9 Å². The van der Waals surface area contributed by atoms with Gasteiger partial charge in [-0.1, -0.05) is 0 Å². The minimum atomic E-state index is 0.298. The fourth-order valence-electron chi connectivity index (χ4n) is 1.46. The van der Waals surface area contributed by atoms with Crippen molar-refractivity contribution in [1.82, 2.24) is 19.5 Å². The molecule has 0 fully saturated rings. The molecule has 2 aromatic heterocycles. The van der Waals surface area contributed by atoms with E-state index in [1.165, 1.54) is 6.33 Å². The normalized spacial score (nSPS) is 10.4. The second kappa shape index (κ2) is 5.23. The van der Waals surface area contributed by atoms with E-state index in [4.69, 9.17) is 15.7 Å². The van der Waals surface area contributed by atoms with E-state index in [-0.39, 0.29) is 0 Å². The molecular formula is C10H12N6O. The van der Waals surface area contributed by atoms with Crippen LogP contribution in [0, 0.1) is 11.3 Å². The quantitative estimate of drug-likeness (QED) is 0.732. The van der Waals surface area contributed by atoms with Gasteiger partial charge in [-0.05, 0) is 0 Å². The van der Waals surface area contributed by atoms with Gasteiger partial charge in [-0.25, -0.2) is 9.97 Å². The first kappa shape index (κ1) is 11.3. The lowest BCUT2D eigenvalue weighted by atomic mass is 10.5. The van der Waals surface area contributed by atoms with Crippen LogP contribution >= 0.6 is 0 Å². The van der Waals surface area contributed by atoms with Gasteiger partial charge in [0.2, 0.25) is 5.88 Å². The lowest BCUT2D eigenvalue weighted by Gasteiger charge is -2.03. The summed E-state index contributed by atoms with van der Waals surface area (Å²) in [5.74, 6) is 0.404. The second-order valence-corrected chi connectivity index (χ2v) is 3.33. The van der Waals surface area contributed by atoms with Crippen molar-refractivity contribution in [3.8, 4) is 11.9 Å². The SMILES string of the molecule is N#CCCOc1ncnc2c1ncn2CCN. The maximum atomic E-state index is 8.44. The van der Waals surface area contributed by atoms with Gasteiger partial charge in [0.25, 0.3) is 0 Å². The Morgan fingerprint density at radius 2 is 2.29 bits per heavy atom. The van der Waals surface area contributed by atoms with E-state index in [0.29, 0.717) is 43.2 Å². The van der Waals surface area contributed by atoms with E-state index in [2.05, 4.69) is 15.0 Å². The van der Waals surface area contributed by atoms with Gasteiger partial charge >= 0.3 is 0 Å². The summed E-state index contributed by atoms with van der Waals surface area (Å²) in [6.07, 6.45) is 3.39. The molecule has 7 nitrogen and oxygen atoms in total. The number of fused-ring (bicyclic) bond motifs is 1. The average Bonchev–Trinajstić information content (AvgIpc) is 2.75. The molecule has 7 heteroatoms. The van der Waals surface area contributed by atoms with E-state index >= 15 is 0 Å². The fraction of sp³-hybridized carbons (Fsp3) is 0.400. The third-order valence-corrected chi connectivity index (χ3v) is 2.19. The van der Waals surface area contributed by atoms with Crippen LogP contribution in [-0.4, -0.2) is 32.7 Å². The monoisotopic (exact) mass is 232 g/mol. The van der Waals surface area contributed by atoms with E-state index in [1.54, 1.807) is 6.33 Å². The standard InChI is InChI=1S/C10H12N6O/c11-2-1-5-17-10-8-9(13-6-14-10)16(4-3-12)7-15-8/h6-7H,1,3-5,12H2. The largest absolute Gasteiger partial charge is 0.475 e. The van der Waals surface area contributed by atoms with Gasteiger partial charge < -0.3 is 15.0 Å². The number of ether oxygens (including phenoxy) is 1. The van der Waals surface area contributed by atoms with Crippen molar-refractivity contribution in [2.45, 2.75) is 13.0 Å². The zero-order chi connectivity index (χ0) is 12.1. The van der Waals surface area contributed by atoms with Crippen molar-refractivity contribution >= 4 is 11.2 Å². The van der Waals surface area contributed by atoms with Crippen LogP contribution in [0.4, 0.5) is 0 Å². The Morgan fingerprint density at radius 1 is 1.41 bits per heavy atom. The molecule has 2 heterocycles. The molecule has 0 saturated heterocycles. The predicted molar refractivity (Wildman–Crippen MR) is 60.1 cm³/mol. The Labute approximate surface area is 97.9 Å². The van der Waals surface area contributed by atoms with Gasteiger partial charge in [0.15, 0.2) is 11.2 Å². The van der Waals surface area contributed by atoms with Crippen LogP contribution in [0.2, 0.25) is 0 Å². The van der Waals surface area contributed by atoms with Gasteiger partial charge in [-0.2, -0.15) is 10.2 Å². The summed E-state index contributed by atoms with van der Waals surface area (Å²) in [7, 11) is 0. The Kier molecular flexibility index (Phi) is 3.47. The van der Waals surface area contributed by atoms with E-state index in [9.17, 15) is 0 Å². The summed E-state index contributed by atoms with van der Waals surface area (Å²) in [4.78, 5) is 12.3. The van der Waals surface area contributed by atoms with Gasteiger partial charge in [0, 0.05) is 13.1 Å². The lowest BCUT2D eigenvalue weighted by Crippen LogP contribution is -2.09. The first-order chi connectivity index (χ1) is 8.36. The number of imidazole rings is 1. The van der Waals surface area contributed by atoms with Crippen LogP contribution in [0.25, 0.3) is 11.2 Å². The summed E-state index contributed by atoms with van der Waals surface area (Å²) in [5, 5.41) is 8.44. The predicted octanol–water partition coefficient (Wildman–Crippen LogP) is 0.0775. The molecule has 0 spiro atoms.